The third kappa shape index (κ3) is 3.16. The first-order valence-electron chi connectivity index (χ1n) is 5.87. The number of ketones is 1. The molecule has 0 radical (unpaired) electrons. The minimum absolute atomic E-state index is 0.208. The maximum atomic E-state index is 12.2. The largest absolute Gasteiger partial charge is 0.496 e. The van der Waals surface area contributed by atoms with Crippen LogP contribution < -0.4 is 10.5 Å². The number of hydrogen-bond acceptors (Lipinski definition) is 4. The molecular formula is C15H13ClN2O2. The van der Waals surface area contributed by atoms with E-state index in [-0.39, 0.29) is 5.78 Å². The fourth-order valence-electron chi connectivity index (χ4n) is 1.67. The highest BCUT2D eigenvalue weighted by atomic mass is 35.5. The van der Waals surface area contributed by atoms with Crippen LogP contribution >= 0.6 is 11.6 Å². The standard InChI is InChI=1S/C15H13ClN2O2/c1-20-15-9-13(17)12(16)8-11(15)14(19)3-2-10-4-6-18-7-5-10/h2-9H,17H2,1H3. The third-order valence-corrected chi connectivity index (χ3v) is 3.04. The number of benzene rings is 1. The summed E-state index contributed by atoms with van der Waals surface area (Å²) in [5.41, 5.74) is 7.31. The van der Waals surface area contributed by atoms with E-state index in [0.717, 1.165) is 5.56 Å². The van der Waals surface area contributed by atoms with E-state index in [1.54, 1.807) is 30.6 Å². The number of ether oxygens (including phenoxy) is 1. The van der Waals surface area contributed by atoms with Gasteiger partial charge in [-0.2, -0.15) is 0 Å². The number of nitrogens with two attached hydrogens (primary N) is 1. The molecule has 0 saturated heterocycles. The van der Waals surface area contributed by atoms with Crippen LogP contribution in [0.2, 0.25) is 5.02 Å². The molecule has 0 saturated carbocycles. The van der Waals surface area contributed by atoms with Gasteiger partial charge in [-0.3, -0.25) is 9.78 Å². The molecule has 0 atom stereocenters. The second kappa shape index (κ2) is 6.21. The highest BCUT2D eigenvalue weighted by Gasteiger charge is 2.12. The summed E-state index contributed by atoms with van der Waals surface area (Å²) in [5.74, 6) is 0.192. The SMILES string of the molecule is COc1cc(N)c(Cl)cc1C(=O)C=Cc1ccncc1. The molecule has 1 aromatic carbocycles. The minimum atomic E-state index is -0.208. The number of halogens is 1. The van der Waals surface area contributed by atoms with E-state index in [1.807, 2.05) is 0 Å². The molecule has 2 N–H and O–H groups in total. The Bertz CT molecular complexity index is 654. The average Bonchev–Trinajstić information content (AvgIpc) is 2.48. The highest BCUT2D eigenvalue weighted by molar-refractivity contribution is 6.33. The zero-order valence-corrected chi connectivity index (χ0v) is 11.6. The van der Waals surface area contributed by atoms with Crippen molar-refractivity contribution in [2.45, 2.75) is 0 Å². The lowest BCUT2D eigenvalue weighted by Gasteiger charge is -2.08. The zero-order chi connectivity index (χ0) is 14.5. The van der Waals surface area contributed by atoms with E-state index in [2.05, 4.69) is 4.98 Å². The Balaban J connectivity index is 2.30. The predicted molar refractivity (Wildman–Crippen MR) is 80.0 cm³/mol. The summed E-state index contributed by atoms with van der Waals surface area (Å²) in [5, 5.41) is 0.325. The molecule has 2 rings (SSSR count). The average molecular weight is 289 g/mol. The molecule has 4 nitrogen and oxygen atoms in total. The molecule has 5 heteroatoms. The van der Waals surface area contributed by atoms with Crippen LogP contribution in [0, 0.1) is 0 Å². The summed E-state index contributed by atoms with van der Waals surface area (Å²) >= 11 is 5.94. The van der Waals surface area contributed by atoms with Gasteiger partial charge in [0.1, 0.15) is 5.75 Å². The van der Waals surface area contributed by atoms with Gasteiger partial charge in [0.05, 0.1) is 23.4 Å². The van der Waals surface area contributed by atoms with Crippen molar-refractivity contribution in [3.8, 4) is 5.75 Å². The number of hydrogen-bond donors (Lipinski definition) is 1. The highest BCUT2D eigenvalue weighted by Crippen LogP contribution is 2.29. The maximum absolute atomic E-state index is 12.2. The van der Waals surface area contributed by atoms with Crippen LogP contribution in [0.3, 0.4) is 0 Å². The van der Waals surface area contributed by atoms with E-state index in [9.17, 15) is 4.79 Å². The summed E-state index contributed by atoms with van der Waals surface area (Å²) in [6.07, 6.45) is 6.48. The third-order valence-electron chi connectivity index (χ3n) is 2.72. The topological polar surface area (TPSA) is 65.2 Å². The Hall–Kier alpha value is -2.33. The van der Waals surface area contributed by atoms with Crippen molar-refractivity contribution in [2.75, 3.05) is 12.8 Å². The molecule has 20 heavy (non-hydrogen) atoms. The summed E-state index contributed by atoms with van der Waals surface area (Å²) in [4.78, 5) is 16.1. The molecule has 0 bridgehead atoms. The van der Waals surface area contributed by atoms with Crippen molar-refractivity contribution < 1.29 is 9.53 Å². The maximum Gasteiger partial charge on any atom is 0.189 e. The Labute approximate surface area is 121 Å². The second-order valence-electron chi connectivity index (χ2n) is 4.05. The van der Waals surface area contributed by atoms with E-state index in [1.165, 1.54) is 25.3 Å². The van der Waals surface area contributed by atoms with Gasteiger partial charge in [0.15, 0.2) is 5.78 Å². The van der Waals surface area contributed by atoms with Crippen LogP contribution in [0.4, 0.5) is 5.69 Å². The van der Waals surface area contributed by atoms with Crippen molar-refractivity contribution >= 4 is 29.1 Å². The lowest BCUT2D eigenvalue weighted by atomic mass is 10.1. The number of carbonyl (C=O) groups is 1. The van der Waals surface area contributed by atoms with E-state index >= 15 is 0 Å². The van der Waals surface area contributed by atoms with E-state index < -0.39 is 0 Å². The molecule has 0 aliphatic heterocycles. The molecule has 0 unspecified atom stereocenters. The molecular weight excluding hydrogens is 276 g/mol. The second-order valence-corrected chi connectivity index (χ2v) is 4.46. The first-order chi connectivity index (χ1) is 9.61. The van der Waals surface area contributed by atoms with E-state index in [0.29, 0.717) is 22.0 Å². The number of nitrogen functional groups attached to an aromatic ring is 1. The van der Waals surface area contributed by atoms with Gasteiger partial charge in [0, 0.05) is 18.5 Å². The molecule has 0 fully saturated rings. The van der Waals surface area contributed by atoms with Gasteiger partial charge in [-0.15, -0.1) is 0 Å². The van der Waals surface area contributed by atoms with Crippen molar-refractivity contribution in [1.82, 2.24) is 4.98 Å². The molecule has 0 aliphatic carbocycles. The molecule has 0 aliphatic rings. The Morgan fingerprint density at radius 3 is 2.70 bits per heavy atom. The van der Waals surface area contributed by atoms with Crippen LogP contribution in [0.15, 0.2) is 42.7 Å². The monoisotopic (exact) mass is 288 g/mol. The molecule has 102 valence electrons. The van der Waals surface area contributed by atoms with Gasteiger partial charge >= 0.3 is 0 Å². The van der Waals surface area contributed by atoms with Crippen LogP contribution in [0.1, 0.15) is 15.9 Å². The van der Waals surface area contributed by atoms with Crippen molar-refractivity contribution in [3.63, 3.8) is 0 Å². The van der Waals surface area contributed by atoms with Crippen molar-refractivity contribution in [3.05, 3.63) is 58.9 Å². The van der Waals surface area contributed by atoms with Crippen LogP contribution in [-0.2, 0) is 0 Å². The molecule has 1 heterocycles. The van der Waals surface area contributed by atoms with Crippen LogP contribution in [0.25, 0.3) is 6.08 Å². The first-order valence-corrected chi connectivity index (χ1v) is 6.25. The van der Waals surface area contributed by atoms with Gasteiger partial charge in [-0.05, 0) is 29.8 Å². The lowest BCUT2D eigenvalue weighted by molar-refractivity contribution is 0.104. The normalized spacial score (nSPS) is 10.7. The lowest BCUT2D eigenvalue weighted by Crippen LogP contribution is -2.01. The molecule has 1 aromatic heterocycles. The van der Waals surface area contributed by atoms with Gasteiger partial charge in [-0.25, -0.2) is 0 Å². The Morgan fingerprint density at radius 1 is 1.35 bits per heavy atom. The quantitative estimate of drug-likeness (QED) is 0.533. The molecule has 0 amide bonds. The first kappa shape index (κ1) is 14.1. The fourth-order valence-corrected chi connectivity index (χ4v) is 1.83. The predicted octanol–water partition coefficient (Wildman–Crippen LogP) is 3.22. The zero-order valence-electron chi connectivity index (χ0n) is 10.8. The van der Waals surface area contributed by atoms with Crippen molar-refractivity contribution in [1.29, 1.82) is 0 Å². The van der Waals surface area contributed by atoms with Gasteiger partial charge in [0.25, 0.3) is 0 Å². The smallest absolute Gasteiger partial charge is 0.189 e. The Morgan fingerprint density at radius 2 is 2.05 bits per heavy atom. The number of nitrogens with zero attached hydrogens (tertiary/aromatic N) is 1. The van der Waals surface area contributed by atoms with Crippen LogP contribution in [0.5, 0.6) is 5.75 Å². The number of methoxy groups -OCH3 is 1. The summed E-state index contributed by atoms with van der Waals surface area (Å²) in [6.45, 7) is 0. The van der Waals surface area contributed by atoms with E-state index in [4.69, 9.17) is 22.1 Å². The fraction of sp³-hybridized carbons (Fsp3) is 0.0667. The number of anilines is 1. The number of aromatic nitrogens is 1. The summed E-state index contributed by atoms with van der Waals surface area (Å²) < 4.78 is 5.15. The number of carbonyl (C=O) groups excluding carboxylic acids is 1. The van der Waals surface area contributed by atoms with Gasteiger partial charge in [0.2, 0.25) is 0 Å². The molecule has 0 spiro atoms. The minimum Gasteiger partial charge on any atom is -0.496 e. The van der Waals surface area contributed by atoms with Crippen LogP contribution in [-0.4, -0.2) is 17.9 Å². The molecule has 2 aromatic rings. The summed E-state index contributed by atoms with van der Waals surface area (Å²) in [7, 11) is 1.48. The number of rotatable bonds is 4. The van der Waals surface area contributed by atoms with Crippen molar-refractivity contribution in [2.24, 2.45) is 0 Å². The number of pyridine rings is 1. The Kier molecular flexibility index (Phi) is 4.38. The summed E-state index contributed by atoms with van der Waals surface area (Å²) in [6, 6.07) is 6.65. The van der Waals surface area contributed by atoms with Gasteiger partial charge < -0.3 is 10.5 Å². The van der Waals surface area contributed by atoms with Gasteiger partial charge in [-0.1, -0.05) is 17.7 Å². The number of allylic oxidation sites excluding steroid dienone is 1.